The average molecular weight is 316 g/mol. The SMILES string of the molecule is CCCCCCCCCCCCCCCC[C@@H](O)[C@@H](N)CO. The molecule has 0 saturated heterocycles. The summed E-state index contributed by atoms with van der Waals surface area (Å²) in [6, 6.07) is -0.470. The molecule has 2 atom stereocenters. The van der Waals surface area contributed by atoms with E-state index >= 15 is 0 Å². The molecule has 0 aliphatic rings. The van der Waals surface area contributed by atoms with E-state index in [1.54, 1.807) is 0 Å². The smallest absolute Gasteiger partial charge is 0.0713 e. The third-order valence-corrected chi connectivity index (χ3v) is 4.56. The largest absolute Gasteiger partial charge is 0.395 e. The third-order valence-electron chi connectivity index (χ3n) is 4.56. The number of nitrogens with two attached hydrogens (primary N) is 1. The van der Waals surface area contributed by atoms with Gasteiger partial charge in [-0.3, -0.25) is 0 Å². The molecule has 0 heterocycles. The van der Waals surface area contributed by atoms with E-state index < -0.39 is 12.1 Å². The van der Waals surface area contributed by atoms with Gasteiger partial charge in [-0.15, -0.1) is 0 Å². The van der Waals surface area contributed by atoms with Crippen LogP contribution in [0, 0.1) is 0 Å². The van der Waals surface area contributed by atoms with Gasteiger partial charge in [0.05, 0.1) is 18.8 Å². The van der Waals surface area contributed by atoms with Crippen molar-refractivity contribution in [3.05, 3.63) is 0 Å². The molecule has 134 valence electrons. The van der Waals surface area contributed by atoms with E-state index in [1.807, 2.05) is 0 Å². The minimum absolute atomic E-state index is 0.125. The lowest BCUT2D eigenvalue weighted by molar-refractivity contribution is 0.0990. The topological polar surface area (TPSA) is 66.5 Å². The fourth-order valence-corrected chi connectivity index (χ4v) is 2.88. The third kappa shape index (κ3) is 14.8. The first-order chi connectivity index (χ1) is 10.7. The molecule has 0 spiro atoms. The standard InChI is InChI=1S/C19H41NO2/c1-2-3-4-5-6-7-8-9-10-11-12-13-14-15-16-19(22)18(20)17-21/h18-19,21-22H,2-17,20H2,1H3/t18-,19+/m0/s1. The van der Waals surface area contributed by atoms with Crippen LogP contribution in [0.1, 0.15) is 103 Å². The highest BCUT2D eigenvalue weighted by atomic mass is 16.3. The summed E-state index contributed by atoms with van der Waals surface area (Å²) in [5, 5.41) is 18.5. The van der Waals surface area contributed by atoms with Crippen LogP contribution in [-0.4, -0.2) is 29.0 Å². The van der Waals surface area contributed by atoms with Crippen LogP contribution in [-0.2, 0) is 0 Å². The minimum Gasteiger partial charge on any atom is -0.395 e. The Morgan fingerprint density at radius 3 is 1.41 bits per heavy atom. The number of unbranched alkanes of at least 4 members (excludes halogenated alkanes) is 13. The van der Waals surface area contributed by atoms with Crippen molar-refractivity contribution in [2.24, 2.45) is 5.73 Å². The fraction of sp³-hybridized carbons (Fsp3) is 1.00. The van der Waals surface area contributed by atoms with E-state index in [4.69, 9.17) is 10.8 Å². The van der Waals surface area contributed by atoms with Crippen LogP contribution in [0.3, 0.4) is 0 Å². The summed E-state index contributed by atoms with van der Waals surface area (Å²) in [7, 11) is 0. The molecule has 0 rings (SSSR count). The molecule has 0 aromatic carbocycles. The zero-order chi connectivity index (χ0) is 16.5. The van der Waals surface area contributed by atoms with Gasteiger partial charge in [0.2, 0.25) is 0 Å². The maximum atomic E-state index is 9.62. The van der Waals surface area contributed by atoms with Gasteiger partial charge in [-0.2, -0.15) is 0 Å². The second kappa shape index (κ2) is 17.2. The summed E-state index contributed by atoms with van der Waals surface area (Å²) >= 11 is 0. The van der Waals surface area contributed by atoms with Gasteiger partial charge in [0.25, 0.3) is 0 Å². The number of rotatable bonds is 17. The summed E-state index contributed by atoms with van der Waals surface area (Å²) in [4.78, 5) is 0. The van der Waals surface area contributed by atoms with Crippen molar-refractivity contribution in [3.8, 4) is 0 Å². The molecule has 0 saturated carbocycles. The van der Waals surface area contributed by atoms with Crippen LogP contribution in [0.25, 0.3) is 0 Å². The second-order valence-corrected chi connectivity index (χ2v) is 6.80. The summed E-state index contributed by atoms with van der Waals surface area (Å²) < 4.78 is 0. The molecule has 0 aromatic rings. The number of hydrogen-bond donors (Lipinski definition) is 3. The predicted molar refractivity (Wildman–Crippen MR) is 96.0 cm³/mol. The van der Waals surface area contributed by atoms with Crippen LogP contribution in [0.5, 0.6) is 0 Å². The quantitative estimate of drug-likeness (QED) is 0.345. The zero-order valence-electron chi connectivity index (χ0n) is 14.9. The van der Waals surface area contributed by atoms with Crippen molar-refractivity contribution in [1.29, 1.82) is 0 Å². The lowest BCUT2D eigenvalue weighted by Crippen LogP contribution is -2.37. The van der Waals surface area contributed by atoms with Crippen molar-refractivity contribution >= 4 is 0 Å². The maximum absolute atomic E-state index is 9.62. The first-order valence-corrected chi connectivity index (χ1v) is 9.76. The van der Waals surface area contributed by atoms with Crippen molar-refractivity contribution in [3.63, 3.8) is 0 Å². The Labute approximate surface area is 138 Å². The Hall–Kier alpha value is -0.120. The molecule has 4 N–H and O–H groups in total. The summed E-state index contributed by atoms with van der Waals surface area (Å²) in [5.74, 6) is 0. The van der Waals surface area contributed by atoms with E-state index in [0.717, 1.165) is 12.8 Å². The van der Waals surface area contributed by atoms with Gasteiger partial charge in [-0.1, -0.05) is 96.8 Å². The van der Waals surface area contributed by atoms with Crippen LogP contribution in [0.15, 0.2) is 0 Å². The molecular formula is C19H41NO2. The molecular weight excluding hydrogens is 274 g/mol. The average Bonchev–Trinajstić information content (AvgIpc) is 2.54. The number of aliphatic hydroxyl groups excluding tert-OH is 2. The molecule has 0 amide bonds. The van der Waals surface area contributed by atoms with Crippen molar-refractivity contribution < 1.29 is 10.2 Å². The van der Waals surface area contributed by atoms with Crippen molar-refractivity contribution in [2.45, 2.75) is 115 Å². The first kappa shape index (κ1) is 21.9. The molecule has 3 heteroatoms. The Bertz CT molecular complexity index is 212. The molecule has 0 aromatic heterocycles. The molecule has 0 aliphatic carbocycles. The van der Waals surface area contributed by atoms with E-state index in [1.165, 1.54) is 83.5 Å². The summed E-state index contributed by atoms with van der Waals surface area (Å²) in [6.45, 7) is 2.14. The van der Waals surface area contributed by atoms with Gasteiger partial charge in [0.1, 0.15) is 0 Å². The summed E-state index contributed by atoms with van der Waals surface area (Å²) in [6.07, 6.45) is 19.0. The monoisotopic (exact) mass is 315 g/mol. The predicted octanol–water partition coefficient (Wildman–Crippen LogP) is 4.54. The normalized spacial score (nSPS) is 14.2. The van der Waals surface area contributed by atoms with Crippen molar-refractivity contribution in [1.82, 2.24) is 0 Å². The Balaban J connectivity index is 3.08. The molecule has 0 unspecified atom stereocenters. The summed E-state index contributed by atoms with van der Waals surface area (Å²) in [5.41, 5.74) is 5.57. The Morgan fingerprint density at radius 1 is 0.682 bits per heavy atom. The zero-order valence-corrected chi connectivity index (χ0v) is 14.9. The second-order valence-electron chi connectivity index (χ2n) is 6.80. The van der Waals surface area contributed by atoms with Gasteiger partial charge < -0.3 is 15.9 Å². The highest BCUT2D eigenvalue weighted by molar-refractivity contribution is 4.70. The van der Waals surface area contributed by atoms with E-state index in [0.29, 0.717) is 0 Å². The molecule has 0 aliphatic heterocycles. The molecule has 0 radical (unpaired) electrons. The molecule has 0 bridgehead atoms. The molecule has 3 nitrogen and oxygen atoms in total. The van der Waals surface area contributed by atoms with Gasteiger partial charge in [-0.05, 0) is 6.42 Å². The van der Waals surface area contributed by atoms with Crippen LogP contribution < -0.4 is 5.73 Å². The van der Waals surface area contributed by atoms with E-state index in [2.05, 4.69) is 6.92 Å². The number of hydrogen-bond acceptors (Lipinski definition) is 3. The first-order valence-electron chi connectivity index (χ1n) is 9.76. The van der Waals surface area contributed by atoms with E-state index in [-0.39, 0.29) is 6.61 Å². The highest BCUT2D eigenvalue weighted by Crippen LogP contribution is 2.14. The lowest BCUT2D eigenvalue weighted by Gasteiger charge is -2.15. The van der Waals surface area contributed by atoms with Crippen LogP contribution >= 0.6 is 0 Å². The van der Waals surface area contributed by atoms with Gasteiger partial charge in [-0.25, -0.2) is 0 Å². The van der Waals surface area contributed by atoms with Crippen LogP contribution in [0.2, 0.25) is 0 Å². The molecule has 22 heavy (non-hydrogen) atoms. The number of aliphatic hydroxyl groups is 2. The van der Waals surface area contributed by atoms with Crippen molar-refractivity contribution in [2.75, 3.05) is 6.61 Å². The van der Waals surface area contributed by atoms with Gasteiger partial charge >= 0.3 is 0 Å². The fourth-order valence-electron chi connectivity index (χ4n) is 2.88. The molecule has 0 fully saturated rings. The van der Waals surface area contributed by atoms with E-state index in [9.17, 15) is 5.11 Å². The Morgan fingerprint density at radius 2 is 1.05 bits per heavy atom. The van der Waals surface area contributed by atoms with Gasteiger partial charge in [0.15, 0.2) is 0 Å². The highest BCUT2D eigenvalue weighted by Gasteiger charge is 2.12. The minimum atomic E-state index is -0.540. The lowest BCUT2D eigenvalue weighted by atomic mass is 10.0. The van der Waals surface area contributed by atoms with Gasteiger partial charge in [0, 0.05) is 0 Å². The Kier molecular flexibility index (Phi) is 17.1. The maximum Gasteiger partial charge on any atom is 0.0713 e. The van der Waals surface area contributed by atoms with Crippen LogP contribution in [0.4, 0.5) is 0 Å².